The van der Waals surface area contributed by atoms with Crippen LogP contribution in [-0.4, -0.2) is 92.0 Å². The third-order valence-corrected chi connectivity index (χ3v) is 9.60. The van der Waals surface area contributed by atoms with E-state index in [-0.39, 0.29) is 31.5 Å². The van der Waals surface area contributed by atoms with Gasteiger partial charge in [0.15, 0.2) is 6.10 Å². The van der Waals surface area contributed by atoms with Crippen LogP contribution in [0.4, 0.5) is 4.79 Å². The lowest BCUT2D eigenvalue weighted by atomic mass is 10.1. The van der Waals surface area contributed by atoms with Gasteiger partial charge in [-0.25, -0.2) is 9.52 Å². The van der Waals surface area contributed by atoms with Crippen LogP contribution in [0, 0.1) is 5.92 Å². The molecule has 4 unspecified atom stereocenters. The summed E-state index contributed by atoms with van der Waals surface area (Å²) >= 11 is 0. The number of hydrogen-bond acceptors (Lipinski definition) is 8. The lowest BCUT2D eigenvalue weighted by Crippen LogP contribution is -2.58. The van der Waals surface area contributed by atoms with Gasteiger partial charge in [-0.1, -0.05) is 18.6 Å². The van der Waals surface area contributed by atoms with E-state index < -0.39 is 51.7 Å². The summed E-state index contributed by atoms with van der Waals surface area (Å²) in [6.45, 7) is 0.781. The molecule has 4 aliphatic rings. The molecule has 3 fully saturated rings. The molecule has 4 amide bonds. The Morgan fingerprint density at radius 3 is 2.64 bits per heavy atom. The average Bonchev–Trinajstić information content (AvgIpc) is 3.21. The molecule has 218 valence electrons. The van der Waals surface area contributed by atoms with Crippen LogP contribution in [0.25, 0.3) is 0 Å². The van der Waals surface area contributed by atoms with Crippen LogP contribution in [-0.2, 0) is 34.1 Å². The Hall–Kier alpha value is -2.71. The van der Waals surface area contributed by atoms with Crippen molar-refractivity contribution in [1.29, 1.82) is 0 Å². The van der Waals surface area contributed by atoms with Crippen molar-refractivity contribution in [1.82, 2.24) is 19.2 Å². The molecule has 13 nitrogen and oxygen atoms in total. The van der Waals surface area contributed by atoms with Crippen LogP contribution in [0.1, 0.15) is 64.2 Å². The quantitative estimate of drug-likeness (QED) is 0.383. The fraction of sp³-hybridized carbons (Fsp3) is 0.760. The van der Waals surface area contributed by atoms with Crippen LogP contribution in [0.15, 0.2) is 12.2 Å². The highest BCUT2D eigenvalue weighted by Gasteiger charge is 2.61. The molecular weight excluding hydrogens is 530 g/mol. The second-order valence-electron chi connectivity index (χ2n) is 10.8. The van der Waals surface area contributed by atoms with Gasteiger partial charge in [-0.15, -0.1) is 0 Å². The summed E-state index contributed by atoms with van der Waals surface area (Å²) in [5.74, 6) is -2.23. The number of amides is 4. The Kier molecular flexibility index (Phi) is 9.17. The van der Waals surface area contributed by atoms with Crippen molar-refractivity contribution in [3.63, 3.8) is 0 Å². The first-order valence-electron chi connectivity index (χ1n) is 13.7. The summed E-state index contributed by atoms with van der Waals surface area (Å²) in [4.78, 5) is 53.1. The normalized spacial score (nSPS) is 33.2. The minimum Gasteiger partial charge on any atom is -0.436 e. The van der Waals surface area contributed by atoms with Crippen molar-refractivity contribution in [3.05, 3.63) is 12.2 Å². The predicted octanol–water partition coefficient (Wildman–Crippen LogP) is 0.308. The molecule has 3 heterocycles. The molecule has 1 aliphatic carbocycles. The molecule has 0 spiro atoms. The first kappa shape index (κ1) is 29.3. The third kappa shape index (κ3) is 6.55. The number of primary amides is 1. The van der Waals surface area contributed by atoms with E-state index in [2.05, 4.69) is 10.0 Å². The number of methoxy groups -OCH3 is 1. The number of carbonyl (C=O) groups is 4. The van der Waals surface area contributed by atoms with Crippen LogP contribution in [0.3, 0.4) is 0 Å². The highest BCUT2D eigenvalue weighted by molar-refractivity contribution is 7.87. The van der Waals surface area contributed by atoms with E-state index in [0.717, 1.165) is 12.8 Å². The molecular formula is C25H39N5O8S. The minimum absolute atomic E-state index is 0.217. The van der Waals surface area contributed by atoms with Gasteiger partial charge in [0.05, 0.1) is 6.61 Å². The topological polar surface area (TPSA) is 177 Å². The number of carbonyl (C=O) groups excluding carboxylic acids is 4. The molecule has 1 saturated carbocycles. The lowest BCUT2D eigenvalue weighted by Gasteiger charge is -2.30. The average molecular weight is 570 g/mol. The largest absolute Gasteiger partial charge is 0.436 e. The highest BCUT2D eigenvalue weighted by Crippen LogP contribution is 2.45. The second kappa shape index (κ2) is 12.2. The first-order valence-corrected chi connectivity index (χ1v) is 15.1. The SMILES string of the molecule is COC[C@H]1CCCN1S(=O)(=O)NC(=O)C12CC1/C=C/CCCCCC(OC(N)=O)C(=O)N1CCCC1C(=O)N2. The van der Waals surface area contributed by atoms with Gasteiger partial charge in [0.25, 0.3) is 11.8 Å². The molecule has 0 aromatic rings. The molecule has 0 aromatic carbocycles. The number of nitrogens with one attached hydrogen (secondary N) is 2. The number of nitrogens with zero attached hydrogens (tertiary/aromatic N) is 2. The maximum atomic E-state index is 13.5. The zero-order valence-electron chi connectivity index (χ0n) is 22.3. The predicted molar refractivity (Wildman–Crippen MR) is 139 cm³/mol. The molecule has 3 aliphatic heterocycles. The van der Waals surface area contributed by atoms with E-state index in [0.29, 0.717) is 51.5 Å². The smallest absolute Gasteiger partial charge is 0.405 e. The van der Waals surface area contributed by atoms with Gasteiger partial charge in [0.2, 0.25) is 5.91 Å². The van der Waals surface area contributed by atoms with E-state index in [1.165, 1.54) is 16.3 Å². The number of fused-ring (bicyclic) bond motifs is 2. The number of rotatable bonds is 6. The van der Waals surface area contributed by atoms with Gasteiger partial charge in [-0.05, 0) is 57.8 Å². The van der Waals surface area contributed by atoms with Crippen molar-refractivity contribution >= 4 is 34.0 Å². The molecule has 0 radical (unpaired) electrons. The van der Waals surface area contributed by atoms with Crippen LogP contribution < -0.4 is 15.8 Å². The Morgan fingerprint density at radius 1 is 1.13 bits per heavy atom. The molecule has 4 rings (SSSR count). The van der Waals surface area contributed by atoms with E-state index in [9.17, 15) is 27.6 Å². The van der Waals surface area contributed by atoms with Gasteiger partial charge in [0, 0.05) is 32.2 Å². The van der Waals surface area contributed by atoms with Crippen LogP contribution >= 0.6 is 0 Å². The van der Waals surface area contributed by atoms with Gasteiger partial charge >= 0.3 is 16.3 Å². The molecule has 0 bridgehead atoms. The maximum absolute atomic E-state index is 13.5. The van der Waals surface area contributed by atoms with E-state index >= 15 is 0 Å². The van der Waals surface area contributed by atoms with Crippen LogP contribution in [0.2, 0.25) is 0 Å². The first-order chi connectivity index (χ1) is 18.6. The Bertz CT molecular complexity index is 1100. The summed E-state index contributed by atoms with van der Waals surface area (Å²) < 4.78 is 40.0. The van der Waals surface area contributed by atoms with Crippen molar-refractivity contribution in [2.24, 2.45) is 11.7 Å². The van der Waals surface area contributed by atoms with Crippen molar-refractivity contribution in [2.75, 3.05) is 26.8 Å². The number of hydrogen-bond donors (Lipinski definition) is 3. The molecule has 5 atom stereocenters. The highest BCUT2D eigenvalue weighted by atomic mass is 32.2. The summed E-state index contributed by atoms with van der Waals surface area (Å²) in [6, 6.07) is -1.25. The zero-order valence-corrected chi connectivity index (χ0v) is 23.1. The standard InChI is InChI=1S/C25H39N5O8S/c1-37-16-18-10-7-14-30(18)39(35,36)28-23(33)25-15-17(25)9-5-3-2-4-6-12-20(38-24(26)34)22(32)29-13-8-11-19(29)21(31)27-25/h5,9,17-20H,2-4,6-8,10-16H2,1H3,(H2,26,34)(H,27,31)(H,28,33)/b9-5+/t17?,18-,19?,20?,25?/m1/s1. The molecule has 0 aromatic heterocycles. The van der Waals surface area contributed by atoms with Crippen molar-refractivity contribution in [2.45, 2.75) is 87.9 Å². The molecule has 14 heteroatoms. The molecule has 39 heavy (non-hydrogen) atoms. The van der Waals surface area contributed by atoms with Gasteiger partial charge in [-0.3, -0.25) is 14.4 Å². The summed E-state index contributed by atoms with van der Waals surface area (Å²) in [5.41, 5.74) is 3.76. The monoisotopic (exact) mass is 569 g/mol. The number of allylic oxidation sites excluding steroid dienone is 1. The minimum atomic E-state index is -4.17. The Balaban J connectivity index is 1.55. The fourth-order valence-electron chi connectivity index (χ4n) is 5.93. The fourth-order valence-corrected chi connectivity index (χ4v) is 7.39. The molecule has 4 N–H and O–H groups in total. The molecule has 2 saturated heterocycles. The van der Waals surface area contributed by atoms with E-state index in [1.54, 1.807) is 0 Å². The lowest BCUT2D eigenvalue weighted by molar-refractivity contribution is -0.146. The van der Waals surface area contributed by atoms with E-state index in [4.69, 9.17) is 15.2 Å². The Labute approximate surface area is 229 Å². The van der Waals surface area contributed by atoms with E-state index in [1.807, 2.05) is 12.2 Å². The Morgan fingerprint density at radius 2 is 1.90 bits per heavy atom. The summed E-state index contributed by atoms with van der Waals surface area (Å²) in [5, 5.41) is 2.80. The second-order valence-corrected chi connectivity index (χ2v) is 12.4. The third-order valence-electron chi connectivity index (χ3n) is 8.06. The van der Waals surface area contributed by atoms with Gasteiger partial charge < -0.3 is 25.4 Å². The zero-order chi connectivity index (χ0) is 28.2. The van der Waals surface area contributed by atoms with Crippen molar-refractivity contribution < 1.29 is 37.1 Å². The number of ether oxygens (including phenoxy) is 2. The van der Waals surface area contributed by atoms with Gasteiger partial charge in [0.1, 0.15) is 11.6 Å². The van der Waals surface area contributed by atoms with Crippen LogP contribution in [0.5, 0.6) is 0 Å². The summed E-state index contributed by atoms with van der Waals surface area (Å²) in [6.07, 6.45) is 7.31. The maximum Gasteiger partial charge on any atom is 0.405 e. The summed E-state index contributed by atoms with van der Waals surface area (Å²) in [7, 11) is -2.67. The number of nitrogens with two attached hydrogens (primary N) is 1. The van der Waals surface area contributed by atoms with Crippen molar-refractivity contribution in [3.8, 4) is 0 Å². The van der Waals surface area contributed by atoms with Gasteiger partial charge in [-0.2, -0.15) is 12.7 Å².